The molecule has 1 aliphatic heterocycles. The second-order valence-corrected chi connectivity index (χ2v) is 8.96. The summed E-state index contributed by atoms with van der Waals surface area (Å²) in [6.07, 6.45) is -1.96. The second kappa shape index (κ2) is 9.08. The van der Waals surface area contributed by atoms with Gasteiger partial charge in [0, 0.05) is 6.54 Å². The van der Waals surface area contributed by atoms with Crippen molar-refractivity contribution in [1.82, 2.24) is 29.0 Å². The van der Waals surface area contributed by atoms with Crippen molar-refractivity contribution in [2.45, 2.75) is 38.3 Å². The highest BCUT2D eigenvalue weighted by Gasteiger charge is 2.44. The zero-order valence-corrected chi connectivity index (χ0v) is 19.6. The Kier molecular flexibility index (Phi) is 5.28. The van der Waals surface area contributed by atoms with Gasteiger partial charge < -0.3 is 19.5 Å². The van der Waals surface area contributed by atoms with Gasteiger partial charge in [0.25, 0.3) is 12.3 Å². The minimum atomic E-state index is -3.18. The van der Waals surface area contributed by atoms with E-state index in [2.05, 4.69) is 20.4 Å². The van der Waals surface area contributed by atoms with Gasteiger partial charge in [0.05, 0.1) is 47.6 Å². The van der Waals surface area contributed by atoms with E-state index in [1.165, 1.54) is 17.9 Å². The van der Waals surface area contributed by atoms with Crippen LogP contribution in [0.4, 0.5) is 32.3 Å². The van der Waals surface area contributed by atoms with Gasteiger partial charge in [0.15, 0.2) is 11.6 Å². The average Bonchev–Trinajstić information content (AvgIpc) is 3.30. The first-order valence-electron chi connectivity index (χ1n) is 12.7. The van der Waals surface area contributed by atoms with Gasteiger partial charge in [-0.3, -0.25) is 0 Å². The number of nitrogens with one attached hydrogen (secondary N) is 1. The molecule has 0 radical (unpaired) electrons. The third-order valence-electron chi connectivity index (χ3n) is 6.35. The quantitative estimate of drug-likeness (QED) is 0.374. The summed E-state index contributed by atoms with van der Waals surface area (Å²) in [4.78, 5) is 9.39. The Labute approximate surface area is 211 Å². The normalized spacial score (nSPS) is 19.8. The molecule has 14 heteroatoms. The number of alkyl halides is 4. The molecule has 4 heterocycles. The topological polar surface area (TPSA) is 72.5 Å². The number of aromatic nitrogens is 5. The van der Waals surface area contributed by atoms with Gasteiger partial charge in [-0.05, 0) is 38.1 Å². The first kappa shape index (κ1) is 21.5. The SMILES string of the molecule is [2H]C([2H])([2H])Oc1nc(N[C@@H]2CCN(C)CC2(F)F)nn2cc(F)c(-c3cc(F)c4nc(C)n(CC(F)F)c4c3)c12. The highest BCUT2D eigenvalue weighted by atomic mass is 19.3. The highest BCUT2D eigenvalue weighted by Crippen LogP contribution is 2.37. The summed E-state index contributed by atoms with van der Waals surface area (Å²) in [6.45, 7) is 0.418. The molecular weight excluding hydrogens is 504 g/mol. The summed E-state index contributed by atoms with van der Waals surface area (Å²) in [6, 6.07) is 0.727. The molecule has 3 aromatic heterocycles. The van der Waals surface area contributed by atoms with Crippen molar-refractivity contribution in [3.63, 3.8) is 0 Å². The van der Waals surface area contributed by atoms with E-state index in [9.17, 15) is 17.6 Å². The Morgan fingerprint density at radius 1 is 1.24 bits per heavy atom. The van der Waals surface area contributed by atoms with Crippen molar-refractivity contribution in [2.75, 3.05) is 32.5 Å². The lowest BCUT2D eigenvalue weighted by atomic mass is 10.0. The van der Waals surface area contributed by atoms with Crippen molar-refractivity contribution in [2.24, 2.45) is 0 Å². The Morgan fingerprint density at radius 3 is 2.73 bits per heavy atom. The van der Waals surface area contributed by atoms with E-state index in [-0.39, 0.29) is 34.4 Å². The van der Waals surface area contributed by atoms with E-state index < -0.39 is 67.5 Å². The van der Waals surface area contributed by atoms with Crippen LogP contribution in [-0.2, 0) is 6.54 Å². The Balaban J connectivity index is 1.67. The number of anilines is 1. The zero-order chi connectivity index (χ0) is 29.1. The number of benzene rings is 1. The Morgan fingerprint density at radius 2 is 2.03 bits per heavy atom. The van der Waals surface area contributed by atoms with E-state index in [0.29, 0.717) is 6.54 Å². The van der Waals surface area contributed by atoms with E-state index in [0.717, 1.165) is 21.3 Å². The van der Waals surface area contributed by atoms with Gasteiger partial charge in [-0.15, -0.1) is 5.10 Å². The fourth-order valence-electron chi connectivity index (χ4n) is 4.68. The predicted molar refractivity (Wildman–Crippen MR) is 123 cm³/mol. The Hall–Kier alpha value is -3.55. The average molecular weight is 530 g/mol. The van der Waals surface area contributed by atoms with Gasteiger partial charge in [-0.2, -0.15) is 4.98 Å². The number of halogens is 6. The van der Waals surface area contributed by atoms with Crippen LogP contribution in [0.15, 0.2) is 18.3 Å². The molecule has 0 aliphatic carbocycles. The zero-order valence-electron chi connectivity index (χ0n) is 22.6. The summed E-state index contributed by atoms with van der Waals surface area (Å²) < 4.78 is 116. The molecular formula is C23H23F6N7O. The standard InChI is InChI=1S/C23H23F6N7O/c1-11-30-19-13(24)6-12(7-15(19)35(11)9-17(26)27)18-14(25)8-36-20(18)21(37-3)32-22(33-36)31-16-4-5-34(2)10-23(16,28)29/h6-8,16-17H,4-5,9-10H2,1-3H3,(H,31,33)/t16-/m1/s1/i3D3. The van der Waals surface area contributed by atoms with Gasteiger partial charge in [-0.25, -0.2) is 35.8 Å². The number of imidazole rings is 1. The molecule has 4 aromatic rings. The number of nitrogens with zero attached hydrogens (tertiary/aromatic N) is 6. The number of ether oxygens (including phenoxy) is 1. The third-order valence-corrected chi connectivity index (χ3v) is 6.35. The third kappa shape index (κ3) is 4.43. The van der Waals surface area contributed by atoms with Crippen LogP contribution in [0, 0.1) is 18.6 Å². The summed E-state index contributed by atoms with van der Waals surface area (Å²) in [5, 5.41) is 6.52. The molecule has 0 bridgehead atoms. The lowest BCUT2D eigenvalue weighted by molar-refractivity contribution is -0.0675. The second-order valence-electron chi connectivity index (χ2n) is 8.96. The smallest absolute Gasteiger partial charge is 0.280 e. The van der Waals surface area contributed by atoms with Gasteiger partial charge in [-0.1, -0.05) is 0 Å². The van der Waals surface area contributed by atoms with Crippen LogP contribution < -0.4 is 10.1 Å². The van der Waals surface area contributed by atoms with Crippen molar-refractivity contribution in [1.29, 1.82) is 0 Å². The fourth-order valence-corrected chi connectivity index (χ4v) is 4.68. The monoisotopic (exact) mass is 530 g/mol. The molecule has 0 amide bonds. The van der Waals surface area contributed by atoms with Gasteiger partial charge in [0.2, 0.25) is 11.8 Å². The first-order chi connectivity index (χ1) is 18.6. The van der Waals surface area contributed by atoms with Crippen LogP contribution in [-0.4, -0.2) is 74.6 Å². The Bertz CT molecular complexity index is 1590. The molecule has 0 spiro atoms. The number of likely N-dealkylation sites (tertiary alicyclic amines) is 1. The van der Waals surface area contributed by atoms with E-state index in [1.807, 2.05) is 0 Å². The molecule has 1 aliphatic rings. The maximum atomic E-state index is 15.4. The molecule has 1 fully saturated rings. The molecule has 0 unspecified atom stereocenters. The minimum Gasteiger partial charge on any atom is -0.479 e. The summed E-state index contributed by atoms with van der Waals surface area (Å²) >= 11 is 0. The van der Waals surface area contributed by atoms with E-state index >= 15 is 8.78 Å². The maximum absolute atomic E-state index is 15.4. The summed E-state index contributed by atoms with van der Waals surface area (Å²) in [5.74, 6) is -6.17. The summed E-state index contributed by atoms with van der Waals surface area (Å²) in [7, 11) is -1.55. The van der Waals surface area contributed by atoms with Crippen molar-refractivity contribution in [3.8, 4) is 17.0 Å². The number of rotatable bonds is 6. The van der Waals surface area contributed by atoms with Crippen LogP contribution in [0.25, 0.3) is 27.7 Å². The lowest BCUT2D eigenvalue weighted by Gasteiger charge is -2.36. The summed E-state index contributed by atoms with van der Waals surface area (Å²) in [5.41, 5.74) is -1.16. The van der Waals surface area contributed by atoms with Crippen LogP contribution in [0.5, 0.6) is 5.88 Å². The van der Waals surface area contributed by atoms with Crippen molar-refractivity contribution in [3.05, 3.63) is 35.8 Å². The molecule has 1 N–H and O–H groups in total. The van der Waals surface area contributed by atoms with Crippen LogP contribution in [0.3, 0.4) is 0 Å². The van der Waals surface area contributed by atoms with Gasteiger partial charge in [0.1, 0.15) is 16.9 Å². The number of piperidine rings is 1. The number of hydrogen-bond donors (Lipinski definition) is 1. The predicted octanol–water partition coefficient (Wildman–Crippen LogP) is 4.36. The van der Waals surface area contributed by atoms with Crippen LogP contribution in [0.1, 0.15) is 16.4 Å². The largest absolute Gasteiger partial charge is 0.479 e. The minimum absolute atomic E-state index is 0.0106. The number of aryl methyl sites for hydroxylation is 1. The van der Waals surface area contributed by atoms with Crippen molar-refractivity contribution < 1.29 is 35.2 Å². The maximum Gasteiger partial charge on any atom is 0.280 e. The molecule has 37 heavy (non-hydrogen) atoms. The van der Waals surface area contributed by atoms with Gasteiger partial charge >= 0.3 is 0 Å². The highest BCUT2D eigenvalue weighted by molar-refractivity contribution is 5.90. The number of fused-ring (bicyclic) bond motifs is 2. The first-order valence-corrected chi connectivity index (χ1v) is 11.2. The molecule has 8 nitrogen and oxygen atoms in total. The lowest BCUT2D eigenvalue weighted by Crippen LogP contribution is -2.53. The van der Waals surface area contributed by atoms with Crippen molar-refractivity contribution >= 4 is 22.5 Å². The van der Waals surface area contributed by atoms with E-state index in [1.54, 1.807) is 7.05 Å². The molecule has 1 saturated heterocycles. The molecule has 198 valence electrons. The molecule has 0 saturated carbocycles. The van der Waals surface area contributed by atoms with E-state index in [4.69, 9.17) is 8.85 Å². The van der Waals surface area contributed by atoms with Crippen LogP contribution in [0.2, 0.25) is 0 Å². The molecule has 1 atom stereocenters. The number of methoxy groups -OCH3 is 1. The molecule has 5 rings (SSSR count). The number of hydrogen-bond acceptors (Lipinski definition) is 6. The van der Waals surface area contributed by atoms with Crippen LogP contribution >= 0.6 is 0 Å². The molecule has 1 aromatic carbocycles. The fraction of sp³-hybridized carbons (Fsp3) is 0.435.